The molecule has 0 unspecified atom stereocenters. The summed E-state index contributed by atoms with van der Waals surface area (Å²) in [7, 11) is 0. The fourth-order valence-electron chi connectivity index (χ4n) is 0.719. The highest BCUT2D eigenvalue weighted by molar-refractivity contribution is 9.24. The molecule has 0 saturated heterocycles. The molecular formula is C7H4Br4. The van der Waals surface area contributed by atoms with Crippen LogP contribution in [0, 0.1) is 0 Å². The molecule has 0 nitrogen and oxygen atoms in total. The molecule has 11 heavy (non-hydrogen) atoms. The van der Waals surface area contributed by atoms with Crippen molar-refractivity contribution in [2.24, 2.45) is 0 Å². The minimum atomic E-state index is 0.181. The Kier molecular flexibility index (Phi) is 4.09. The zero-order valence-electron chi connectivity index (χ0n) is 5.32. The van der Waals surface area contributed by atoms with Crippen LogP contribution in [-0.4, -0.2) is 0 Å². The van der Waals surface area contributed by atoms with Gasteiger partial charge in [-0.1, -0.05) is 69.8 Å². The smallest absolute Gasteiger partial charge is 0.0711 e. The van der Waals surface area contributed by atoms with Crippen LogP contribution in [0.15, 0.2) is 27.1 Å². The van der Waals surface area contributed by atoms with E-state index in [2.05, 4.69) is 63.7 Å². The summed E-state index contributed by atoms with van der Waals surface area (Å²) in [6.45, 7) is 0. The quantitative estimate of drug-likeness (QED) is 0.575. The van der Waals surface area contributed by atoms with Crippen LogP contribution in [0.3, 0.4) is 0 Å². The molecule has 0 aliphatic heterocycles. The third kappa shape index (κ3) is 2.54. The van der Waals surface area contributed by atoms with Crippen molar-refractivity contribution >= 4 is 63.7 Å². The zero-order valence-corrected chi connectivity index (χ0v) is 11.7. The lowest BCUT2D eigenvalue weighted by atomic mass is 10.2. The molecule has 0 saturated carbocycles. The monoisotopic (exact) mass is 404 g/mol. The largest absolute Gasteiger partial charge is 0.0968 e. The van der Waals surface area contributed by atoms with Gasteiger partial charge in [-0.3, -0.25) is 0 Å². The lowest BCUT2D eigenvalue weighted by molar-refractivity contribution is 1.35. The number of hydrogen-bond donors (Lipinski definition) is 0. The van der Waals surface area contributed by atoms with Gasteiger partial charge in [-0.2, -0.15) is 0 Å². The molecule has 0 atom stereocenters. The molecular weight excluding hydrogens is 404 g/mol. The molecule has 0 amide bonds. The molecule has 0 heterocycles. The van der Waals surface area contributed by atoms with Crippen molar-refractivity contribution in [3.05, 3.63) is 32.7 Å². The SMILES string of the molecule is Brc1cccc(Br)c1C(Br)Br. The van der Waals surface area contributed by atoms with E-state index in [4.69, 9.17) is 0 Å². The second-order valence-corrected chi connectivity index (χ2v) is 6.70. The maximum Gasteiger partial charge on any atom is 0.0968 e. The molecule has 0 fully saturated rings. The zero-order chi connectivity index (χ0) is 8.43. The molecule has 0 aliphatic carbocycles. The van der Waals surface area contributed by atoms with Crippen LogP contribution in [0.2, 0.25) is 0 Å². The molecule has 1 aromatic rings. The van der Waals surface area contributed by atoms with Gasteiger partial charge >= 0.3 is 0 Å². The fourth-order valence-corrected chi connectivity index (χ4v) is 4.39. The van der Waals surface area contributed by atoms with E-state index in [1.807, 2.05) is 18.2 Å². The highest BCUT2D eigenvalue weighted by atomic mass is 79.9. The van der Waals surface area contributed by atoms with E-state index in [0.717, 1.165) is 8.95 Å². The maximum atomic E-state index is 3.46. The Morgan fingerprint density at radius 2 is 1.45 bits per heavy atom. The van der Waals surface area contributed by atoms with Gasteiger partial charge < -0.3 is 0 Å². The van der Waals surface area contributed by atoms with E-state index in [1.54, 1.807) is 0 Å². The summed E-state index contributed by atoms with van der Waals surface area (Å²) in [5.74, 6) is 0. The number of halogens is 4. The maximum absolute atomic E-state index is 3.46. The van der Waals surface area contributed by atoms with Crippen molar-refractivity contribution in [3.63, 3.8) is 0 Å². The Bertz CT molecular complexity index is 236. The van der Waals surface area contributed by atoms with Gasteiger partial charge in [0.15, 0.2) is 0 Å². The first-order valence-corrected chi connectivity index (χ1v) is 6.26. The lowest BCUT2D eigenvalue weighted by Gasteiger charge is -2.07. The predicted octanol–water partition coefficient (Wildman–Crippen LogP) is 5.00. The highest BCUT2D eigenvalue weighted by Crippen LogP contribution is 2.38. The standard InChI is InChI=1S/C7H4Br4/c8-4-2-1-3-5(9)6(4)7(10)11/h1-3,7H. The summed E-state index contributed by atoms with van der Waals surface area (Å²) in [6, 6.07) is 6.01. The van der Waals surface area contributed by atoms with Crippen LogP contribution in [0.1, 0.15) is 9.30 Å². The normalized spacial score (nSPS) is 10.6. The van der Waals surface area contributed by atoms with Crippen molar-refractivity contribution in [1.29, 1.82) is 0 Å². The van der Waals surface area contributed by atoms with Gasteiger partial charge in [0.05, 0.1) is 3.74 Å². The van der Waals surface area contributed by atoms with Crippen molar-refractivity contribution in [3.8, 4) is 0 Å². The number of alkyl halides is 2. The van der Waals surface area contributed by atoms with Gasteiger partial charge in [0.1, 0.15) is 0 Å². The predicted molar refractivity (Wildman–Crippen MR) is 62.4 cm³/mol. The molecule has 1 rings (SSSR count). The Labute approximate surface area is 99.3 Å². The van der Waals surface area contributed by atoms with E-state index < -0.39 is 0 Å². The third-order valence-corrected chi connectivity index (χ3v) is 3.52. The summed E-state index contributed by atoms with van der Waals surface area (Å²) >= 11 is 13.8. The van der Waals surface area contributed by atoms with E-state index in [-0.39, 0.29) is 3.74 Å². The van der Waals surface area contributed by atoms with Gasteiger partial charge in [-0.25, -0.2) is 0 Å². The Hall–Kier alpha value is 1.14. The number of hydrogen-bond acceptors (Lipinski definition) is 0. The molecule has 60 valence electrons. The van der Waals surface area contributed by atoms with Crippen LogP contribution in [-0.2, 0) is 0 Å². The molecule has 0 radical (unpaired) electrons. The van der Waals surface area contributed by atoms with E-state index in [0.29, 0.717) is 0 Å². The van der Waals surface area contributed by atoms with Crippen molar-refractivity contribution in [1.82, 2.24) is 0 Å². The molecule has 4 heteroatoms. The van der Waals surface area contributed by atoms with Crippen LogP contribution >= 0.6 is 63.7 Å². The summed E-state index contributed by atoms with van der Waals surface area (Å²) in [4.78, 5) is 0. The van der Waals surface area contributed by atoms with Gasteiger partial charge in [0.2, 0.25) is 0 Å². The molecule has 0 aromatic heterocycles. The second-order valence-electron chi connectivity index (χ2n) is 1.94. The molecule has 0 N–H and O–H groups in total. The number of rotatable bonds is 1. The first-order valence-electron chi connectivity index (χ1n) is 2.85. The van der Waals surface area contributed by atoms with Crippen molar-refractivity contribution < 1.29 is 0 Å². The Morgan fingerprint density at radius 1 is 1.00 bits per heavy atom. The van der Waals surface area contributed by atoms with Crippen molar-refractivity contribution in [2.75, 3.05) is 0 Å². The lowest BCUT2D eigenvalue weighted by Crippen LogP contribution is -1.84. The first-order chi connectivity index (χ1) is 5.13. The van der Waals surface area contributed by atoms with Crippen molar-refractivity contribution in [2.45, 2.75) is 3.74 Å². The average molecular weight is 408 g/mol. The van der Waals surface area contributed by atoms with E-state index in [9.17, 15) is 0 Å². The van der Waals surface area contributed by atoms with E-state index >= 15 is 0 Å². The molecule has 0 aliphatic rings. The van der Waals surface area contributed by atoms with Gasteiger partial charge in [0, 0.05) is 14.5 Å². The topological polar surface area (TPSA) is 0 Å². The van der Waals surface area contributed by atoms with Crippen LogP contribution in [0.25, 0.3) is 0 Å². The Balaban J connectivity index is 3.21. The van der Waals surface area contributed by atoms with Gasteiger partial charge in [0.25, 0.3) is 0 Å². The third-order valence-electron chi connectivity index (χ3n) is 1.22. The molecule has 1 aromatic carbocycles. The van der Waals surface area contributed by atoms with Gasteiger partial charge in [-0.05, 0) is 12.1 Å². The van der Waals surface area contributed by atoms with Crippen LogP contribution < -0.4 is 0 Å². The Morgan fingerprint density at radius 3 is 1.73 bits per heavy atom. The minimum Gasteiger partial charge on any atom is -0.0711 e. The summed E-state index contributed by atoms with van der Waals surface area (Å²) in [6.07, 6.45) is 0. The fraction of sp³-hybridized carbons (Fsp3) is 0.143. The minimum absolute atomic E-state index is 0.181. The summed E-state index contributed by atoms with van der Waals surface area (Å²) in [5, 5.41) is 0. The second kappa shape index (κ2) is 4.40. The summed E-state index contributed by atoms with van der Waals surface area (Å²) in [5.41, 5.74) is 1.17. The van der Waals surface area contributed by atoms with Crippen LogP contribution in [0.4, 0.5) is 0 Å². The van der Waals surface area contributed by atoms with E-state index in [1.165, 1.54) is 5.56 Å². The highest BCUT2D eigenvalue weighted by Gasteiger charge is 2.10. The molecule has 0 bridgehead atoms. The number of benzene rings is 1. The molecule has 0 spiro atoms. The van der Waals surface area contributed by atoms with Crippen LogP contribution in [0.5, 0.6) is 0 Å². The average Bonchev–Trinajstić information content (AvgIpc) is 1.85. The first kappa shape index (κ1) is 10.2. The summed E-state index contributed by atoms with van der Waals surface area (Å²) < 4.78 is 2.36. The van der Waals surface area contributed by atoms with Gasteiger partial charge in [-0.15, -0.1) is 0 Å².